The molecule has 1 aromatic rings. The number of hydrogen-bond acceptors (Lipinski definition) is 3. The molecule has 0 aromatic heterocycles. The molecule has 0 heterocycles. The largest absolute Gasteiger partial charge is 0.497 e. The van der Waals surface area contributed by atoms with E-state index in [1.807, 2.05) is 12.1 Å². The Labute approximate surface area is 127 Å². The summed E-state index contributed by atoms with van der Waals surface area (Å²) < 4.78 is 5.14. The van der Waals surface area contributed by atoms with Crippen molar-refractivity contribution in [3.63, 3.8) is 0 Å². The predicted molar refractivity (Wildman–Crippen MR) is 84.6 cm³/mol. The highest BCUT2D eigenvalue weighted by Gasteiger charge is 2.25. The first kappa shape index (κ1) is 17.5. The number of unbranched alkanes of at least 4 members (excludes halogenated alkanes) is 1. The van der Waals surface area contributed by atoms with Gasteiger partial charge < -0.3 is 14.7 Å². The molecule has 0 fully saturated rings. The topological polar surface area (TPSA) is 49.8 Å². The Kier molecular flexibility index (Phi) is 6.69. The Morgan fingerprint density at radius 3 is 2.38 bits per heavy atom. The van der Waals surface area contributed by atoms with Crippen LogP contribution in [0, 0.1) is 5.41 Å². The number of benzene rings is 1. The van der Waals surface area contributed by atoms with Crippen molar-refractivity contribution in [3.8, 4) is 5.75 Å². The Bertz CT molecular complexity index is 440. The van der Waals surface area contributed by atoms with Gasteiger partial charge in [-0.25, -0.2) is 0 Å². The van der Waals surface area contributed by atoms with Gasteiger partial charge in [0.1, 0.15) is 5.75 Å². The van der Waals surface area contributed by atoms with Gasteiger partial charge in [-0.3, -0.25) is 4.79 Å². The van der Waals surface area contributed by atoms with Crippen LogP contribution < -0.4 is 4.74 Å². The van der Waals surface area contributed by atoms with Crippen LogP contribution in [0.3, 0.4) is 0 Å². The van der Waals surface area contributed by atoms with E-state index in [0.717, 1.165) is 38.1 Å². The van der Waals surface area contributed by atoms with Crippen LogP contribution in [0.4, 0.5) is 0 Å². The second kappa shape index (κ2) is 8.03. The molecule has 0 radical (unpaired) electrons. The molecule has 1 rings (SSSR count). The van der Waals surface area contributed by atoms with Crippen LogP contribution >= 0.6 is 0 Å². The zero-order valence-electron chi connectivity index (χ0n) is 13.6. The maximum absolute atomic E-state index is 11.0. The van der Waals surface area contributed by atoms with Gasteiger partial charge in [0.2, 0.25) is 0 Å². The standard InChI is InChI=1S/C17H27NO3/c1-17(2,16(19)20)11-5-6-12-18(3)13-14-7-9-15(21-4)10-8-14/h7-10H,5-6,11-13H2,1-4H3,(H,19,20). The normalized spacial score (nSPS) is 11.7. The summed E-state index contributed by atoms with van der Waals surface area (Å²) in [5.74, 6) is 0.159. The average Bonchev–Trinajstić information content (AvgIpc) is 2.44. The van der Waals surface area contributed by atoms with Crippen LogP contribution in [0.25, 0.3) is 0 Å². The van der Waals surface area contributed by atoms with Gasteiger partial charge in [-0.2, -0.15) is 0 Å². The smallest absolute Gasteiger partial charge is 0.309 e. The van der Waals surface area contributed by atoms with E-state index in [4.69, 9.17) is 9.84 Å². The number of rotatable bonds is 9. The van der Waals surface area contributed by atoms with Crippen LogP contribution in [0.15, 0.2) is 24.3 Å². The number of aliphatic carboxylic acids is 1. The van der Waals surface area contributed by atoms with Gasteiger partial charge in [0.15, 0.2) is 0 Å². The summed E-state index contributed by atoms with van der Waals surface area (Å²) in [5.41, 5.74) is 0.637. The molecule has 0 spiro atoms. The Hall–Kier alpha value is -1.55. The third kappa shape index (κ3) is 6.17. The number of hydrogen-bond donors (Lipinski definition) is 1. The van der Waals surface area contributed by atoms with Gasteiger partial charge in [0, 0.05) is 6.54 Å². The number of carboxylic acids is 1. The molecule has 0 saturated carbocycles. The summed E-state index contributed by atoms with van der Waals surface area (Å²) in [6.45, 7) is 5.45. The number of nitrogens with zero attached hydrogens (tertiary/aromatic N) is 1. The number of methoxy groups -OCH3 is 1. The summed E-state index contributed by atoms with van der Waals surface area (Å²) in [5, 5.41) is 9.07. The van der Waals surface area contributed by atoms with Crippen LogP contribution in [-0.2, 0) is 11.3 Å². The fourth-order valence-corrected chi connectivity index (χ4v) is 2.18. The van der Waals surface area contributed by atoms with Crippen LogP contribution in [0.5, 0.6) is 5.75 Å². The molecule has 4 nitrogen and oxygen atoms in total. The summed E-state index contributed by atoms with van der Waals surface area (Å²) in [6, 6.07) is 8.09. The lowest BCUT2D eigenvalue weighted by atomic mass is 9.87. The van der Waals surface area contributed by atoms with Crippen molar-refractivity contribution in [2.75, 3.05) is 20.7 Å². The van der Waals surface area contributed by atoms with Crippen molar-refractivity contribution in [2.24, 2.45) is 5.41 Å². The van der Waals surface area contributed by atoms with Crippen molar-refractivity contribution < 1.29 is 14.6 Å². The minimum atomic E-state index is -0.714. The van der Waals surface area contributed by atoms with E-state index in [1.165, 1.54) is 5.56 Å². The van der Waals surface area contributed by atoms with Crippen LogP contribution in [0.1, 0.15) is 38.7 Å². The second-order valence-electron chi connectivity index (χ2n) is 6.23. The maximum Gasteiger partial charge on any atom is 0.309 e. The van der Waals surface area contributed by atoms with Crippen LogP contribution in [-0.4, -0.2) is 36.7 Å². The van der Waals surface area contributed by atoms with E-state index in [0.29, 0.717) is 0 Å². The number of ether oxygens (including phenoxy) is 1. The SMILES string of the molecule is COc1ccc(CN(C)CCCCC(C)(C)C(=O)O)cc1. The zero-order valence-corrected chi connectivity index (χ0v) is 13.6. The third-order valence-electron chi connectivity index (χ3n) is 3.78. The monoisotopic (exact) mass is 293 g/mol. The van der Waals surface area contributed by atoms with E-state index in [9.17, 15) is 4.79 Å². The van der Waals surface area contributed by atoms with Gasteiger partial charge in [0.05, 0.1) is 12.5 Å². The summed E-state index contributed by atoms with van der Waals surface area (Å²) in [7, 11) is 3.76. The molecule has 4 heteroatoms. The van der Waals surface area contributed by atoms with E-state index in [2.05, 4.69) is 24.1 Å². The molecule has 0 aliphatic rings. The van der Waals surface area contributed by atoms with E-state index in [-0.39, 0.29) is 0 Å². The van der Waals surface area contributed by atoms with Gasteiger partial charge >= 0.3 is 5.97 Å². The lowest BCUT2D eigenvalue weighted by Gasteiger charge is -2.20. The minimum absolute atomic E-state index is 0.617. The molecule has 118 valence electrons. The molecule has 0 aliphatic carbocycles. The molecule has 0 atom stereocenters. The summed E-state index contributed by atoms with van der Waals surface area (Å²) in [6.07, 6.45) is 2.67. The average molecular weight is 293 g/mol. The highest BCUT2D eigenvalue weighted by Crippen LogP contribution is 2.23. The second-order valence-corrected chi connectivity index (χ2v) is 6.23. The third-order valence-corrected chi connectivity index (χ3v) is 3.78. The maximum atomic E-state index is 11.0. The summed E-state index contributed by atoms with van der Waals surface area (Å²) in [4.78, 5) is 13.3. The zero-order chi connectivity index (χ0) is 15.9. The van der Waals surface area contributed by atoms with Gasteiger partial charge in [-0.05, 0) is 58.0 Å². The van der Waals surface area contributed by atoms with Gasteiger partial charge in [-0.1, -0.05) is 18.6 Å². The Morgan fingerprint density at radius 2 is 1.86 bits per heavy atom. The van der Waals surface area contributed by atoms with E-state index >= 15 is 0 Å². The Morgan fingerprint density at radius 1 is 1.24 bits per heavy atom. The van der Waals surface area contributed by atoms with E-state index in [1.54, 1.807) is 21.0 Å². The molecule has 0 bridgehead atoms. The molecule has 0 saturated heterocycles. The lowest BCUT2D eigenvalue weighted by molar-refractivity contribution is -0.147. The highest BCUT2D eigenvalue weighted by atomic mass is 16.5. The first-order valence-electron chi connectivity index (χ1n) is 7.40. The quantitative estimate of drug-likeness (QED) is 0.709. The molecule has 0 unspecified atom stereocenters. The molecule has 1 aromatic carbocycles. The molecule has 0 amide bonds. The fourth-order valence-electron chi connectivity index (χ4n) is 2.18. The molecule has 21 heavy (non-hydrogen) atoms. The molecule has 0 aliphatic heterocycles. The molecular formula is C17H27NO3. The fraction of sp³-hybridized carbons (Fsp3) is 0.588. The van der Waals surface area contributed by atoms with Gasteiger partial charge in [-0.15, -0.1) is 0 Å². The first-order chi connectivity index (χ1) is 9.85. The van der Waals surface area contributed by atoms with Gasteiger partial charge in [0.25, 0.3) is 0 Å². The van der Waals surface area contributed by atoms with Crippen molar-refractivity contribution in [3.05, 3.63) is 29.8 Å². The Balaban J connectivity index is 2.27. The molecular weight excluding hydrogens is 266 g/mol. The predicted octanol–water partition coefficient (Wildman–Crippen LogP) is 3.41. The van der Waals surface area contributed by atoms with Crippen molar-refractivity contribution in [1.29, 1.82) is 0 Å². The van der Waals surface area contributed by atoms with Crippen LogP contribution in [0.2, 0.25) is 0 Å². The minimum Gasteiger partial charge on any atom is -0.497 e. The number of carboxylic acid groups (broad SMARTS) is 1. The van der Waals surface area contributed by atoms with Crippen molar-refractivity contribution in [2.45, 2.75) is 39.7 Å². The van der Waals surface area contributed by atoms with E-state index < -0.39 is 11.4 Å². The van der Waals surface area contributed by atoms with Crippen molar-refractivity contribution >= 4 is 5.97 Å². The highest BCUT2D eigenvalue weighted by molar-refractivity contribution is 5.73. The first-order valence-corrected chi connectivity index (χ1v) is 7.40. The lowest BCUT2D eigenvalue weighted by Crippen LogP contribution is -2.24. The summed E-state index contributed by atoms with van der Waals surface area (Å²) >= 11 is 0. The molecule has 1 N–H and O–H groups in total. The van der Waals surface area contributed by atoms with Crippen molar-refractivity contribution in [1.82, 2.24) is 4.90 Å². The number of carbonyl (C=O) groups is 1.